The summed E-state index contributed by atoms with van der Waals surface area (Å²) in [5.74, 6) is -1.16. The zero-order chi connectivity index (χ0) is 14.0. The van der Waals surface area contributed by atoms with Crippen LogP contribution in [0.2, 0.25) is 0 Å². The Morgan fingerprint density at radius 3 is 2.84 bits per heavy atom. The molecule has 10 heteroatoms. The number of nitrogens with one attached hydrogen (secondary N) is 1. The molecule has 10 nitrogen and oxygen atoms in total. The molecule has 2 rings (SSSR count). The molecule has 98 valence electrons. The average Bonchev–Trinajstić information content (AvgIpc) is 2.74. The van der Waals surface area contributed by atoms with Crippen LogP contribution in [0.3, 0.4) is 0 Å². The molecule has 1 aromatic carbocycles. The van der Waals surface area contributed by atoms with Crippen LogP contribution in [0.5, 0.6) is 5.75 Å². The van der Waals surface area contributed by atoms with Crippen LogP contribution in [-0.4, -0.2) is 36.1 Å². The number of amides is 1. The fourth-order valence-corrected chi connectivity index (χ4v) is 1.37. The largest absolute Gasteiger partial charge is 0.508 e. The molecule has 0 saturated heterocycles. The van der Waals surface area contributed by atoms with Gasteiger partial charge in [0.25, 0.3) is 17.5 Å². The summed E-state index contributed by atoms with van der Waals surface area (Å²) in [5, 5.41) is 33.0. The number of hydrogen-bond donors (Lipinski definition) is 2. The van der Waals surface area contributed by atoms with Gasteiger partial charge in [0.05, 0.1) is 12.0 Å². The number of nitro groups is 1. The van der Waals surface area contributed by atoms with Crippen molar-refractivity contribution >= 4 is 17.5 Å². The number of tetrazole rings is 1. The fourth-order valence-electron chi connectivity index (χ4n) is 1.37. The Bertz CT molecular complexity index is 652. The van der Waals surface area contributed by atoms with E-state index in [4.69, 9.17) is 0 Å². The van der Waals surface area contributed by atoms with Crippen molar-refractivity contribution in [3.63, 3.8) is 0 Å². The van der Waals surface area contributed by atoms with Crippen LogP contribution in [0.15, 0.2) is 18.2 Å². The van der Waals surface area contributed by atoms with Gasteiger partial charge in [-0.2, -0.15) is 4.80 Å². The third-order valence-electron chi connectivity index (χ3n) is 2.16. The second-order valence-corrected chi connectivity index (χ2v) is 3.52. The van der Waals surface area contributed by atoms with E-state index < -0.39 is 16.5 Å². The summed E-state index contributed by atoms with van der Waals surface area (Å²) in [6, 6.07) is 3.15. The summed E-state index contributed by atoms with van der Waals surface area (Å²) < 4.78 is 0. The first-order valence-corrected chi connectivity index (χ1v) is 5.00. The molecule has 1 heterocycles. The van der Waals surface area contributed by atoms with E-state index in [2.05, 4.69) is 20.7 Å². The van der Waals surface area contributed by atoms with E-state index in [0.29, 0.717) is 0 Å². The predicted molar refractivity (Wildman–Crippen MR) is 61.5 cm³/mol. The molecule has 2 aromatic rings. The van der Waals surface area contributed by atoms with E-state index >= 15 is 0 Å². The molecule has 19 heavy (non-hydrogen) atoms. The summed E-state index contributed by atoms with van der Waals surface area (Å²) in [6.45, 7) is 0. The van der Waals surface area contributed by atoms with Crippen LogP contribution in [-0.2, 0) is 7.05 Å². The van der Waals surface area contributed by atoms with Crippen LogP contribution in [0.4, 0.5) is 11.6 Å². The number of aryl methyl sites for hydroxylation is 1. The monoisotopic (exact) mass is 264 g/mol. The van der Waals surface area contributed by atoms with Gasteiger partial charge in [-0.1, -0.05) is 5.10 Å². The summed E-state index contributed by atoms with van der Waals surface area (Å²) in [6.07, 6.45) is 0. The number of hydrogen-bond acceptors (Lipinski definition) is 7. The van der Waals surface area contributed by atoms with E-state index in [-0.39, 0.29) is 17.3 Å². The van der Waals surface area contributed by atoms with Gasteiger partial charge in [0.15, 0.2) is 0 Å². The zero-order valence-electron chi connectivity index (χ0n) is 9.64. The summed E-state index contributed by atoms with van der Waals surface area (Å²) in [5.41, 5.74) is -0.725. The number of anilines is 1. The van der Waals surface area contributed by atoms with Gasteiger partial charge in [0, 0.05) is 6.07 Å². The van der Waals surface area contributed by atoms with Crippen LogP contribution in [0.1, 0.15) is 10.4 Å². The molecule has 0 aliphatic carbocycles. The van der Waals surface area contributed by atoms with Gasteiger partial charge >= 0.3 is 0 Å². The topological polar surface area (TPSA) is 136 Å². The first-order chi connectivity index (χ1) is 8.97. The minimum absolute atomic E-state index is 0.0925. The number of phenols is 1. The first-order valence-electron chi connectivity index (χ1n) is 5.00. The van der Waals surface area contributed by atoms with Crippen molar-refractivity contribution in [3.8, 4) is 5.75 Å². The highest BCUT2D eigenvalue weighted by molar-refractivity contribution is 6.06. The smallest absolute Gasteiger partial charge is 0.282 e. The molecular weight excluding hydrogens is 256 g/mol. The van der Waals surface area contributed by atoms with Crippen LogP contribution in [0, 0.1) is 10.1 Å². The standard InChI is InChI=1S/C9H8N6O4/c1-14-12-9(11-13-14)10-8(17)6-4-5(16)2-3-7(6)15(18)19/h2-4,16H,1H3,(H,10,12,17). The molecular formula is C9H8N6O4. The van der Waals surface area contributed by atoms with Gasteiger partial charge in [-0.25, -0.2) is 0 Å². The number of nitrogens with zero attached hydrogens (tertiary/aromatic N) is 5. The maximum absolute atomic E-state index is 11.9. The maximum Gasteiger partial charge on any atom is 0.282 e. The van der Waals surface area contributed by atoms with Crippen molar-refractivity contribution in [2.24, 2.45) is 7.05 Å². The molecule has 0 unspecified atom stereocenters. The lowest BCUT2D eigenvalue weighted by atomic mass is 10.1. The Balaban J connectivity index is 2.32. The summed E-state index contributed by atoms with van der Waals surface area (Å²) >= 11 is 0. The summed E-state index contributed by atoms with van der Waals surface area (Å²) in [7, 11) is 1.50. The molecule has 0 fully saturated rings. The minimum atomic E-state index is -0.810. The molecule has 0 radical (unpaired) electrons. The average molecular weight is 264 g/mol. The molecule has 0 atom stereocenters. The molecule has 1 aromatic heterocycles. The molecule has 0 aliphatic heterocycles. The van der Waals surface area contributed by atoms with Crippen LogP contribution < -0.4 is 5.32 Å². The predicted octanol–water partition coefficient (Wildman–Crippen LogP) is 0.0762. The highest BCUT2D eigenvalue weighted by atomic mass is 16.6. The molecule has 0 spiro atoms. The van der Waals surface area contributed by atoms with E-state index in [1.165, 1.54) is 7.05 Å². The number of rotatable bonds is 3. The SMILES string of the molecule is Cn1nnc(NC(=O)c2cc(O)ccc2[N+](=O)[O-])n1. The second kappa shape index (κ2) is 4.68. The minimum Gasteiger partial charge on any atom is -0.508 e. The van der Waals surface area contributed by atoms with E-state index in [9.17, 15) is 20.0 Å². The fraction of sp³-hybridized carbons (Fsp3) is 0.111. The number of aromatic hydroxyl groups is 1. The third kappa shape index (κ3) is 2.62. The van der Waals surface area contributed by atoms with Crippen molar-refractivity contribution < 1.29 is 14.8 Å². The van der Waals surface area contributed by atoms with Crippen LogP contribution >= 0.6 is 0 Å². The molecule has 1 amide bonds. The number of carbonyl (C=O) groups excluding carboxylic acids is 1. The van der Waals surface area contributed by atoms with Gasteiger partial charge < -0.3 is 5.11 Å². The van der Waals surface area contributed by atoms with Crippen molar-refractivity contribution in [1.82, 2.24) is 20.2 Å². The number of benzene rings is 1. The lowest BCUT2D eigenvalue weighted by Crippen LogP contribution is -2.15. The Labute approximate surface area is 105 Å². The first kappa shape index (κ1) is 12.4. The second-order valence-electron chi connectivity index (χ2n) is 3.52. The third-order valence-corrected chi connectivity index (χ3v) is 2.16. The van der Waals surface area contributed by atoms with Gasteiger partial charge in [-0.3, -0.25) is 20.2 Å². The Morgan fingerprint density at radius 2 is 2.26 bits per heavy atom. The maximum atomic E-state index is 11.9. The van der Waals surface area contributed by atoms with Crippen molar-refractivity contribution in [2.45, 2.75) is 0 Å². The van der Waals surface area contributed by atoms with Crippen LogP contribution in [0.25, 0.3) is 0 Å². The number of carbonyl (C=O) groups is 1. The molecule has 0 saturated carbocycles. The number of nitro benzene ring substituents is 1. The van der Waals surface area contributed by atoms with Crippen molar-refractivity contribution in [2.75, 3.05) is 5.32 Å². The highest BCUT2D eigenvalue weighted by Crippen LogP contribution is 2.23. The van der Waals surface area contributed by atoms with Crippen molar-refractivity contribution in [1.29, 1.82) is 0 Å². The number of phenolic OH excluding ortho intramolecular Hbond substituents is 1. The number of aromatic nitrogens is 4. The normalized spacial score (nSPS) is 10.2. The van der Waals surface area contributed by atoms with E-state index in [1.807, 2.05) is 0 Å². The van der Waals surface area contributed by atoms with Gasteiger partial charge in [-0.15, -0.1) is 5.10 Å². The molecule has 0 aliphatic rings. The molecule has 0 bridgehead atoms. The molecule has 2 N–H and O–H groups in total. The van der Waals surface area contributed by atoms with E-state index in [0.717, 1.165) is 23.0 Å². The highest BCUT2D eigenvalue weighted by Gasteiger charge is 2.21. The van der Waals surface area contributed by atoms with Gasteiger partial charge in [0.2, 0.25) is 0 Å². The van der Waals surface area contributed by atoms with E-state index in [1.54, 1.807) is 0 Å². The van der Waals surface area contributed by atoms with Gasteiger partial charge in [0.1, 0.15) is 11.3 Å². The lowest BCUT2D eigenvalue weighted by Gasteiger charge is -2.02. The Kier molecular flexibility index (Phi) is 3.06. The van der Waals surface area contributed by atoms with Gasteiger partial charge in [-0.05, 0) is 17.3 Å². The van der Waals surface area contributed by atoms with Crippen molar-refractivity contribution in [3.05, 3.63) is 33.9 Å². The summed E-state index contributed by atoms with van der Waals surface area (Å²) in [4.78, 5) is 23.0. The zero-order valence-corrected chi connectivity index (χ0v) is 9.64. The quantitative estimate of drug-likeness (QED) is 0.591. The lowest BCUT2D eigenvalue weighted by molar-refractivity contribution is -0.385. The Morgan fingerprint density at radius 1 is 1.53 bits per heavy atom. The Hall–Kier alpha value is -3.04.